The first-order valence-corrected chi connectivity index (χ1v) is 8.38. The molecule has 2 fully saturated rings. The van der Waals surface area contributed by atoms with E-state index in [1.807, 2.05) is 0 Å². The van der Waals surface area contributed by atoms with Gasteiger partial charge in [0.2, 0.25) is 0 Å². The van der Waals surface area contributed by atoms with Gasteiger partial charge in [0, 0.05) is 18.2 Å². The summed E-state index contributed by atoms with van der Waals surface area (Å²) in [6.45, 7) is 0. The Balaban J connectivity index is 1.83. The Bertz CT molecular complexity index is 635. The molecule has 7 nitrogen and oxygen atoms in total. The average Bonchev–Trinajstić information content (AvgIpc) is 2.54. The number of amides is 1. The number of methoxy groups -OCH3 is 1. The van der Waals surface area contributed by atoms with E-state index in [1.54, 1.807) is 0 Å². The molecule has 2 saturated carbocycles. The molecule has 0 heterocycles. The molecule has 0 aromatic heterocycles. The molecule has 2 atom stereocenters. The lowest BCUT2D eigenvalue weighted by molar-refractivity contribution is -0.385. The van der Waals surface area contributed by atoms with E-state index >= 15 is 0 Å². The summed E-state index contributed by atoms with van der Waals surface area (Å²) >= 11 is 0. The number of benzene rings is 1. The third-order valence-corrected chi connectivity index (χ3v) is 5.32. The predicted octanol–water partition coefficient (Wildman–Crippen LogP) is 2.24. The normalized spacial score (nSPS) is 28.9. The van der Waals surface area contributed by atoms with Gasteiger partial charge in [-0.05, 0) is 49.7 Å². The molecule has 0 spiro atoms. The van der Waals surface area contributed by atoms with Crippen molar-refractivity contribution in [3.63, 3.8) is 0 Å². The van der Waals surface area contributed by atoms with Crippen LogP contribution < -0.4 is 15.8 Å². The summed E-state index contributed by atoms with van der Waals surface area (Å²) in [6, 6.07) is 4.48. The summed E-state index contributed by atoms with van der Waals surface area (Å²) in [6.07, 6.45) is 5.07. The van der Waals surface area contributed by atoms with E-state index in [-0.39, 0.29) is 23.3 Å². The number of rotatable bonds is 4. The van der Waals surface area contributed by atoms with Gasteiger partial charge in [0.25, 0.3) is 11.6 Å². The number of nitro benzene ring substituents is 1. The minimum Gasteiger partial charge on any atom is -0.497 e. The third-order valence-electron chi connectivity index (χ3n) is 5.32. The zero-order chi connectivity index (χ0) is 17.3. The van der Waals surface area contributed by atoms with E-state index < -0.39 is 10.8 Å². The quantitative estimate of drug-likeness (QED) is 0.649. The van der Waals surface area contributed by atoms with Crippen LogP contribution in [-0.2, 0) is 0 Å². The Hall–Kier alpha value is -2.15. The maximum Gasteiger partial charge on any atom is 0.282 e. The largest absolute Gasteiger partial charge is 0.497 e. The van der Waals surface area contributed by atoms with Crippen LogP contribution in [0.3, 0.4) is 0 Å². The van der Waals surface area contributed by atoms with Gasteiger partial charge in [0.1, 0.15) is 11.3 Å². The zero-order valence-corrected chi connectivity index (χ0v) is 13.7. The second kappa shape index (κ2) is 6.76. The summed E-state index contributed by atoms with van der Waals surface area (Å²) in [5.41, 5.74) is 5.96. The molecule has 0 radical (unpaired) electrons. The van der Waals surface area contributed by atoms with Gasteiger partial charge in [-0.2, -0.15) is 0 Å². The smallest absolute Gasteiger partial charge is 0.282 e. The van der Waals surface area contributed by atoms with Crippen molar-refractivity contribution in [1.29, 1.82) is 0 Å². The lowest BCUT2D eigenvalue weighted by atomic mass is 9.67. The molecule has 2 aliphatic carbocycles. The van der Waals surface area contributed by atoms with Crippen LogP contribution in [0.1, 0.15) is 42.5 Å². The SMILES string of the molecule is COc1ccc([N+](=O)[O-])c(C(=O)NC2C3CCCC2CC(N)C3)c1. The molecule has 0 saturated heterocycles. The van der Waals surface area contributed by atoms with Crippen LogP contribution in [0.4, 0.5) is 5.69 Å². The molecule has 0 aliphatic heterocycles. The first-order valence-electron chi connectivity index (χ1n) is 8.38. The molecule has 24 heavy (non-hydrogen) atoms. The third kappa shape index (κ3) is 3.21. The maximum atomic E-state index is 12.7. The maximum absolute atomic E-state index is 12.7. The van der Waals surface area contributed by atoms with Gasteiger partial charge in [-0.3, -0.25) is 14.9 Å². The Morgan fingerprint density at radius 1 is 1.33 bits per heavy atom. The van der Waals surface area contributed by atoms with Crippen molar-refractivity contribution in [3.8, 4) is 5.75 Å². The Morgan fingerprint density at radius 2 is 2.00 bits per heavy atom. The minimum absolute atomic E-state index is 0.0484. The van der Waals surface area contributed by atoms with E-state index in [1.165, 1.54) is 25.3 Å². The Labute approximate surface area is 140 Å². The van der Waals surface area contributed by atoms with Crippen LogP contribution in [0.15, 0.2) is 18.2 Å². The second-order valence-electron chi connectivity index (χ2n) is 6.82. The predicted molar refractivity (Wildman–Crippen MR) is 88.9 cm³/mol. The van der Waals surface area contributed by atoms with Crippen molar-refractivity contribution < 1.29 is 14.5 Å². The monoisotopic (exact) mass is 333 g/mol. The van der Waals surface area contributed by atoms with E-state index in [4.69, 9.17) is 10.5 Å². The van der Waals surface area contributed by atoms with Gasteiger partial charge in [-0.1, -0.05) is 6.42 Å². The number of fused-ring (bicyclic) bond motifs is 2. The number of ether oxygens (including phenoxy) is 1. The number of nitro groups is 1. The van der Waals surface area contributed by atoms with E-state index in [0.717, 1.165) is 32.1 Å². The minimum atomic E-state index is -0.536. The van der Waals surface area contributed by atoms with Crippen LogP contribution in [0.2, 0.25) is 0 Å². The van der Waals surface area contributed by atoms with E-state index in [2.05, 4.69) is 5.32 Å². The second-order valence-corrected chi connectivity index (χ2v) is 6.82. The molecule has 1 amide bonds. The summed E-state index contributed by atoms with van der Waals surface area (Å²) in [5, 5.41) is 14.3. The van der Waals surface area contributed by atoms with Gasteiger partial charge >= 0.3 is 0 Å². The van der Waals surface area contributed by atoms with E-state index in [0.29, 0.717) is 17.6 Å². The van der Waals surface area contributed by atoms with Gasteiger partial charge < -0.3 is 15.8 Å². The summed E-state index contributed by atoms with van der Waals surface area (Å²) < 4.78 is 5.10. The highest BCUT2D eigenvalue weighted by atomic mass is 16.6. The van der Waals surface area contributed by atoms with Gasteiger partial charge in [0.15, 0.2) is 0 Å². The highest BCUT2D eigenvalue weighted by Gasteiger charge is 2.40. The highest BCUT2D eigenvalue weighted by molar-refractivity contribution is 5.98. The highest BCUT2D eigenvalue weighted by Crippen LogP contribution is 2.40. The average molecular weight is 333 g/mol. The fraction of sp³-hybridized carbons (Fsp3) is 0.588. The molecule has 2 aliphatic rings. The van der Waals surface area contributed by atoms with Gasteiger partial charge in [0.05, 0.1) is 12.0 Å². The molecule has 130 valence electrons. The van der Waals surface area contributed by atoms with E-state index in [9.17, 15) is 14.9 Å². The number of carbonyl (C=O) groups is 1. The van der Waals surface area contributed by atoms with Crippen LogP contribution in [0, 0.1) is 22.0 Å². The van der Waals surface area contributed by atoms with Crippen molar-refractivity contribution in [2.45, 2.75) is 44.2 Å². The number of nitrogens with two attached hydrogens (primary N) is 1. The molecule has 3 rings (SSSR count). The topological polar surface area (TPSA) is 107 Å². The van der Waals surface area contributed by atoms with Crippen LogP contribution >= 0.6 is 0 Å². The van der Waals surface area contributed by atoms with Gasteiger partial charge in [-0.25, -0.2) is 0 Å². The summed E-state index contributed by atoms with van der Waals surface area (Å²) in [4.78, 5) is 23.4. The molecule has 2 bridgehead atoms. The number of nitrogens with zero attached hydrogens (tertiary/aromatic N) is 1. The summed E-state index contributed by atoms with van der Waals surface area (Å²) in [5.74, 6) is 0.747. The number of nitrogens with one attached hydrogen (secondary N) is 1. The number of carbonyl (C=O) groups excluding carboxylic acids is 1. The first kappa shape index (κ1) is 16.7. The number of hydrogen-bond donors (Lipinski definition) is 2. The van der Waals surface area contributed by atoms with Crippen molar-refractivity contribution in [1.82, 2.24) is 5.32 Å². The Morgan fingerprint density at radius 3 is 2.58 bits per heavy atom. The lowest BCUT2D eigenvalue weighted by Gasteiger charge is -2.45. The van der Waals surface area contributed by atoms with Crippen LogP contribution in [0.5, 0.6) is 5.75 Å². The molecule has 7 heteroatoms. The molecular formula is C17H23N3O4. The molecular weight excluding hydrogens is 310 g/mol. The Kier molecular flexibility index (Phi) is 4.71. The molecule has 3 N–H and O–H groups in total. The van der Waals surface area contributed by atoms with Crippen molar-refractivity contribution in [2.24, 2.45) is 17.6 Å². The molecule has 1 aromatic rings. The zero-order valence-electron chi connectivity index (χ0n) is 13.7. The number of hydrogen-bond acceptors (Lipinski definition) is 5. The van der Waals surface area contributed by atoms with Crippen molar-refractivity contribution >= 4 is 11.6 Å². The lowest BCUT2D eigenvalue weighted by Crippen LogP contribution is -2.53. The molecule has 1 aromatic carbocycles. The van der Waals surface area contributed by atoms with Crippen molar-refractivity contribution in [3.05, 3.63) is 33.9 Å². The first-order chi connectivity index (χ1) is 11.5. The van der Waals surface area contributed by atoms with Gasteiger partial charge in [-0.15, -0.1) is 0 Å². The molecule has 2 unspecified atom stereocenters. The van der Waals surface area contributed by atoms with Crippen LogP contribution in [0.25, 0.3) is 0 Å². The fourth-order valence-electron chi connectivity index (χ4n) is 4.24. The van der Waals surface area contributed by atoms with Crippen LogP contribution in [-0.4, -0.2) is 30.0 Å². The van der Waals surface area contributed by atoms with Crippen molar-refractivity contribution in [2.75, 3.05) is 7.11 Å². The standard InChI is InChI=1S/C17H23N3O4/c1-24-13-5-6-15(20(22)23)14(9-13)17(21)19-16-10-3-2-4-11(16)8-12(18)7-10/h5-6,9-12,16H,2-4,7-8,18H2,1H3,(H,19,21). The summed E-state index contributed by atoms with van der Waals surface area (Å²) in [7, 11) is 1.47. The fourth-order valence-corrected chi connectivity index (χ4v) is 4.24.